The van der Waals surface area contributed by atoms with Gasteiger partial charge in [0.1, 0.15) is 11.2 Å². The zero-order valence-electron chi connectivity index (χ0n) is 14.7. The van der Waals surface area contributed by atoms with Crippen molar-refractivity contribution in [1.82, 2.24) is 0 Å². The maximum Gasteiger partial charge on any atom is 0.240 e. The molecule has 5 nitrogen and oxygen atoms in total. The summed E-state index contributed by atoms with van der Waals surface area (Å²) in [4.78, 5) is 25.2. The van der Waals surface area contributed by atoms with Crippen LogP contribution in [0.25, 0.3) is 0 Å². The van der Waals surface area contributed by atoms with Gasteiger partial charge < -0.3 is 15.4 Å². The van der Waals surface area contributed by atoms with E-state index in [0.717, 1.165) is 5.75 Å². The Balaban J connectivity index is 1.64. The first kappa shape index (κ1) is 18.3. The molecule has 2 aromatic rings. The maximum absolute atomic E-state index is 12.6. The van der Waals surface area contributed by atoms with Gasteiger partial charge in [-0.05, 0) is 69.2 Å². The molecule has 0 aliphatic heterocycles. The van der Waals surface area contributed by atoms with Crippen LogP contribution < -0.4 is 15.4 Å². The topological polar surface area (TPSA) is 67.4 Å². The van der Waals surface area contributed by atoms with Crippen LogP contribution in [0.4, 0.5) is 11.4 Å². The monoisotopic (exact) mass is 372 g/mol. The molecule has 0 bridgehead atoms. The fourth-order valence-corrected chi connectivity index (χ4v) is 2.83. The van der Waals surface area contributed by atoms with E-state index in [1.165, 1.54) is 0 Å². The third-order valence-corrected chi connectivity index (χ3v) is 4.42. The van der Waals surface area contributed by atoms with Crippen LogP contribution in [0.2, 0.25) is 5.02 Å². The second-order valence-electron chi connectivity index (χ2n) is 6.69. The number of rotatable bonds is 6. The SMILES string of the molecule is CC(C)Oc1ccc(NC(=O)C2(C(=O)Nc3cccc(Cl)c3)CC2)cc1. The van der Waals surface area contributed by atoms with E-state index in [2.05, 4.69) is 10.6 Å². The largest absolute Gasteiger partial charge is 0.491 e. The van der Waals surface area contributed by atoms with Gasteiger partial charge in [-0.15, -0.1) is 0 Å². The summed E-state index contributed by atoms with van der Waals surface area (Å²) in [7, 11) is 0. The summed E-state index contributed by atoms with van der Waals surface area (Å²) in [5.41, 5.74) is 0.194. The number of anilines is 2. The van der Waals surface area contributed by atoms with E-state index in [4.69, 9.17) is 16.3 Å². The lowest BCUT2D eigenvalue weighted by Gasteiger charge is -2.16. The summed E-state index contributed by atoms with van der Waals surface area (Å²) in [5, 5.41) is 6.13. The van der Waals surface area contributed by atoms with Gasteiger partial charge in [0.2, 0.25) is 11.8 Å². The number of carbonyl (C=O) groups excluding carboxylic acids is 2. The van der Waals surface area contributed by atoms with Gasteiger partial charge in [-0.3, -0.25) is 9.59 Å². The van der Waals surface area contributed by atoms with Gasteiger partial charge in [-0.2, -0.15) is 0 Å². The highest BCUT2D eigenvalue weighted by Crippen LogP contribution is 2.47. The van der Waals surface area contributed by atoms with Crippen LogP contribution in [0.15, 0.2) is 48.5 Å². The summed E-state index contributed by atoms with van der Waals surface area (Å²) < 4.78 is 5.58. The fraction of sp³-hybridized carbons (Fsp3) is 0.300. The van der Waals surface area contributed by atoms with Crippen molar-refractivity contribution in [3.05, 3.63) is 53.6 Å². The predicted octanol–water partition coefficient (Wildman–Crippen LogP) is 4.48. The molecule has 0 atom stereocenters. The number of hydrogen-bond acceptors (Lipinski definition) is 3. The minimum Gasteiger partial charge on any atom is -0.491 e. The second-order valence-corrected chi connectivity index (χ2v) is 7.13. The first-order valence-electron chi connectivity index (χ1n) is 8.54. The van der Waals surface area contributed by atoms with Crippen LogP contribution >= 0.6 is 11.6 Å². The Labute approximate surface area is 157 Å². The average molecular weight is 373 g/mol. The van der Waals surface area contributed by atoms with Gasteiger partial charge in [0.15, 0.2) is 0 Å². The quantitative estimate of drug-likeness (QED) is 0.734. The van der Waals surface area contributed by atoms with Crippen molar-refractivity contribution in [2.45, 2.75) is 32.8 Å². The van der Waals surface area contributed by atoms with Gasteiger partial charge in [0.05, 0.1) is 6.10 Å². The Hall–Kier alpha value is -2.53. The highest BCUT2D eigenvalue weighted by atomic mass is 35.5. The number of carbonyl (C=O) groups is 2. The second kappa shape index (κ2) is 7.38. The van der Waals surface area contributed by atoms with Crippen LogP contribution in [-0.2, 0) is 9.59 Å². The van der Waals surface area contributed by atoms with E-state index < -0.39 is 5.41 Å². The van der Waals surface area contributed by atoms with E-state index in [9.17, 15) is 9.59 Å². The zero-order chi connectivity index (χ0) is 18.7. The van der Waals surface area contributed by atoms with E-state index in [-0.39, 0.29) is 17.9 Å². The maximum atomic E-state index is 12.6. The number of ether oxygens (including phenoxy) is 1. The predicted molar refractivity (Wildman–Crippen MR) is 103 cm³/mol. The minimum absolute atomic E-state index is 0.0837. The number of nitrogens with one attached hydrogen (secondary N) is 2. The summed E-state index contributed by atoms with van der Waals surface area (Å²) in [5.74, 6) is 0.129. The van der Waals surface area contributed by atoms with E-state index in [1.807, 2.05) is 13.8 Å². The lowest BCUT2D eigenvalue weighted by Crippen LogP contribution is -2.35. The minimum atomic E-state index is -1.02. The molecule has 2 aromatic carbocycles. The van der Waals surface area contributed by atoms with E-state index in [0.29, 0.717) is 29.2 Å². The molecule has 1 fully saturated rings. The van der Waals surface area contributed by atoms with Crippen LogP contribution in [0.1, 0.15) is 26.7 Å². The van der Waals surface area contributed by atoms with Gasteiger partial charge in [0, 0.05) is 16.4 Å². The molecular formula is C20H21ClN2O3. The molecule has 2 N–H and O–H groups in total. The lowest BCUT2D eigenvalue weighted by atomic mass is 10.0. The molecule has 136 valence electrons. The molecule has 26 heavy (non-hydrogen) atoms. The van der Waals surface area contributed by atoms with Crippen LogP contribution in [-0.4, -0.2) is 17.9 Å². The van der Waals surface area contributed by atoms with Crippen molar-refractivity contribution >= 4 is 34.8 Å². The molecule has 6 heteroatoms. The molecule has 3 rings (SSSR count). The molecule has 2 amide bonds. The van der Waals surface area contributed by atoms with Crippen LogP contribution in [0, 0.1) is 5.41 Å². The number of benzene rings is 2. The van der Waals surface area contributed by atoms with Crippen molar-refractivity contribution in [3.8, 4) is 5.75 Å². The summed E-state index contributed by atoms with van der Waals surface area (Å²) in [6, 6.07) is 14.0. The van der Waals surface area contributed by atoms with Crippen molar-refractivity contribution in [3.63, 3.8) is 0 Å². The Bertz CT molecular complexity index is 814. The summed E-state index contributed by atoms with van der Waals surface area (Å²) >= 11 is 5.93. The van der Waals surface area contributed by atoms with Gasteiger partial charge in [-0.1, -0.05) is 17.7 Å². The van der Waals surface area contributed by atoms with Crippen molar-refractivity contribution in [1.29, 1.82) is 0 Å². The Morgan fingerprint density at radius 2 is 1.62 bits per heavy atom. The fourth-order valence-electron chi connectivity index (χ4n) is 2.64. The molecule has 0 spiro atoms. The van der Waals surface area contributed by atoms with E-state index in [1.54, 1.807) is 48.5 Å². The van der Waals surface area contributed by atoms with Gasteiger partial charge in [-0.25, -0.2) is 0 Å². The Morgan fingerprint density at radius 3 is 2.15 bits per heavy atom. The molecule has 0 unspecified atom stereocenters. The zero-order valence-corrected chi connectivity index (χ0v) is 15.5. The number of amides is 2. The highest BCUT2D eigenvalue weighted by Gasteiger charge is 2.56. The highest BCUT2D eigenvalue weighted by molar-refractivity contribution is 6.31. The van der Waals surface area contributed by atoms with Crippen LogP contribution in [0.3, 0.4) is 0 Å². The average Bonchev–Trinajstić information content (AvgIpc) is 3.38. The van der Waals surface area contributed by atoms with Crippen molar-refractivity contribution < 1.29 is 14.3 Å². The molecule has 0 heterocycles. The first-order chi connectivity index (χ1) is 12.4. The van der Waals surface area contributed by atoms with Gasteiger partial charge >= 0.3 is 0 Å². The molecule has 1 aliphatic rings. The third-order valence-electron chi connectivity index (χ3n) is 4.19. The van der Waals surface area contributed by atoms with Crippen LogP contribution in [0.5, 0.6) is 5.75 Å². The summed E-state index contributed by atoms with van der Waals surface area (Å²) in [6.07, 6.45) is 1.14. The molecule has 1 aliphatic carbocycles. The standard InChI is InChI=1S/C20H21ClN2O3/c1-13(2)26-17-8-6-15(7-9-17)22-18(24)20(10-11-20)19(25)23-16-5-3-4-14(21)12-16/h3-9,12-13H,10-11H2,1-2H3,(H,22,24)(H,23,25). The Kier molecular flexibility index (Phi) is 5.18. The molecule has 0 radical (unpaired) electrons. The van der Waals surface area contributed by atoms with Gasteiger partial charge in [0.25, 0.3) is 0 Å². The smallest absolute Gasteiger partial charge is 0.240 e. The summed E-state index contributed by atoms with van der Waals surface area (Å²) in [6.45, 7) is 3.90. The lowest BCUT2D eigenvalue weighted by molar-refractivity contribution is -0.131. The normalized spacial score (nSPS) is 14.6. The van der Waals surface area contributed by atoms with E-state index >= 15 is 0 Å². The Morgan fingerprint density at radius 1 is 1.00 bits per heavy atom. The number of hydrogen-bond donors (Lipinski definition) is 2. The third kappa shape index (κ3) is 4.17. The molecule has 0 saturated heterocycles. The van der Waals surface area contributed by atoms with Crippen molar-refractivity contribution in [2.24, 2.45) is 5.41 Å². The molecular weight excluding hydrogens is 352 g/mol. The first-order valence-corrected chi connectivity index (χ1v) is 8.92. The molecule has 0 aromatic heterocycles. The number of halogens is 1. The van der Waals surface area contributed by atoms with Crippen molar-refractivity contribution in [2.75, 3.05) is 10.6 Å². The molecule has 1 saturated carbocycles.